The van der Waals surface area contributed by atoms with E-state index in [9.17, 15) is 9.59 Å². The Morgan fingerprint density at radius 1 is 0.944 bits per heavy atom. The summed E-state index contributed by atoms with van der Waals surface area (Å²) in [4.78, 5) is 28.9. The molecular weight excluding hydrogens is 226 g/mol. The van der Waals surface area contributed by atoms with Crippen LogP contribution in [0, 0.1) is 13.8 Å². The molecule has 1 heterocycles. The zero-order valence-electron chi connectivity index (χ0n) is 10.2. The largest absolute Gasteiger partial charge is 0.288 e. The first-order chi connectivity index (χ1) is 8.61. The summed E-state index contributed by atoms with van der Waals surface area (Å²) in [5.74, 6) is -0.266. The number of aromatic nitrogens is 1. The van der Waals surface area contributed by atoms with Crippen LogP contribution in [0.15, 0.2) is 30.5 Å². The molecule has 0 aliphatic heterocycles. The Kier molecular flexibility index (Phi) is 2.17. The Morgan fingerprint density at radius 2 is 1.56 bits per heavy atom. The van der Waals surface area contributed by atoms with E-state index in [0.717, 1.165) is 11.1 Å². The maximum Gasteiger partial charge on any atom is 0.212 e. The van der Waals surface area contributed by atoms with Crippen LogP contribution in [0.1, 0.15) is 43.1 Å². The molecule has 1 aromatic carbocycles. The molecule has 0 saturated carbocycles. The van der Waals surface area contributed by atoms with Crippen LogP contribution >= 0.6 is 0 Å². The van der Waals surface area contributed by atoms with E-state index < -0.39 is 0 Å². The maximum absolute atomic E-state index is 12.4. The fraction of sp³-hybridized carbons (Fsp3) is 0.133. The summed E-state index contributed by atoms with van der Waals surface area (Å²) in [5.41, 5.74) is 3.43. The zero-order valence-corrected chi connectivity index (χ0v) is 10.2. The molecule has 0 spiro atoms. The molecule has 18 heavy (non-hydrogen) atoms. The van der Waals surface area contributed by atoms with Crippen molar-refractivity contribution in [2.75, 3.05) is 0 Å². The lowest BCUT2D eigenvalue weighted by atomic mass is 9.84. The molecule has 1 aromatic heterocycles. The monoisotopic (exact) mass is 237 g/mol. The molecule has 0 unspecified atom stereocenters. The van der Waals surface area contributed by atoms with Crippen molar-refractivity contribution in [3.05, 3.63) is 64.0 Å². The lowest BCUT2D eigenvalue weighted by Crippen LogP contribution is -2.23. The third-order valence-electron chi connectivity index (χ3n) is 3.45. The van der Waals surface area contributed by atoms with Gasteiger partial charge in [0, 0.05) is 17.3 Å². The van der Waals surface area contributed by atoms with Crippen LogP contribution < -0.4 is 0 Å². The Bertz CT molecular complexity index is 702. The van der Waals surface area contributed by atoms with Crippen LogP contribution in [0.2, 0.25) is 0 Å². The highest BCUT2D eigenvalue weighted by molar-refractivity contribution is 6.28. The predicted molar refractivity (Wildman–Crippen MR) is 67.0 cm³/mol. The number of nitrogens with zero attached hydrogens (tertiary/aromatic N) is 1. The minimum absolute atomic E-state index is 0.103. The molecule has 0 saturated heterocycles. The molecule has 1 aliphatic carbocycles. The number of carbonyl (C=O) groups is 2. The highest BCUT2D eigenvalue weighted by atomic mass is 16.1. The van der Waals surface area contributed by atoms with Crippen molar-refractivity contribution in [3.63, 3.8) is 0 Å². The minimum atomic E-state index is -0.164. The van der Waals surface area contributed by atoms with Crippen LogP contribution in [0.4, 0.5) is 0 Å². The fourth-order valence-corrected chi connectivity index (χ4v) is 2.29. The van der Waals surface area contributed by atoms with Gasteiger partial charge in [-0.05, 0) is 25.0 Å². The predicted octanol–water partition coefficient (Wildman–Crippen LogP) is 2.47. The number of hydrogen-bond donors (Lipinski definition) is 0. The number of fused-ring (bicyclic) bond motifs is 2. The molecule has 3 heteroatoms. The van der Waals surface area contributed by atoms with Gasteiger partial charge in [-0.25, -0.2) is 0 Å². The van der Waals surface area contributed by atoms with Crippen molar-refractivity contribution in [1.82, 2.24) is 4.98 Å². The van der Waals surface area contributed by atoms with Gasteiger partial charge in [0.25, 0.3) is 0 Å². The second-order valence-electron chi connectivity index (χ2n) is 4.49. The van der Waals surface area contributed by atoms with Crippen molar-refractivity contribution >= 4 is 11.6 Å². The molecule has 0 radical (unpaired) electrons. The third kappa shape index (κ3) is 1.27. The van der Waals surface area contributed by atoms with Crippen LogP contribution in [0.3, 0.4) is 0 Å². The Balaban J connectivity index is 2.38. The van der Waals surface area contributed by atoms with Gasteiger partial charge < -0.3 is 0 Å². The lowest BCUT2D eigenvalue weighted by Gasteiger charge is -2.18. The standard InChI is InChI=1S/C15H11NO2/c1-8-7-16-13-12(9(8)2)14(17)10-5-3-4-6-11(10)15(13)18/h3-7H,1-2H3. The molecule has 2 aromatic rings. The van der Waals surface area contributed by atoms with E-state index in [4.69, 9.17) is 0 Å². The van der Waals surface area contributed by atoms with Gasteiger partial charge in [0.1, 0.15) is 5.69 Å². The van der Waals surface area contributed by atoms with E-state index in [1.165, 1.54) is 0 Å². The van der Waals surface area contributed by atoms with E-state index in [2.05, 4.69) is 4.98 Å². The zero-order chi connectivity index (χ0) is 12.9. The fourth-order valence-electron chi connectivity index (χ4n) is 2.29. The van der Waals surface area contributed by atoms with E-state index in [0.29, 0.717) is 16.7 Å². The number of hydrogen-bond acceptors (Lipinski definition) is 3. The van der Waals surface area contributed by atoms with Gasteiger partial charge >= 0.3 is 0 Å². The van der Waals surface area contributed by atoms with Crippen molar-refractivity contribution in [1.29, 1.82) is 0 Å². The number of benzene rings is 1. The van der Waals surface area contributed by atoms with Crippen molar-refractivity contribution in [2.24, 2.45) is 0 Å². The summed E-state index contributed by atoms with van der Waals surface area (Å²) in [5, 5.41) is 0. The second kappa shape index (κ2) is 3.60. The molecule has 0 bridgehead atoms. The Labute approximate surface area is 104 Å². The molecular formula is C15H11NO2. The molecule has 1 aliphatic rings. The summed E-state index contributed by atoms with van der Waals surface area (Å²) >= 11 is 0. The average Bonchev–Trinajstić information content (AvgIpc) is 2.39. The number of ketones is 2. The second-order valence-corrected chi connectivity index (χ2v) is 4.49. The van der Waals surface area contributed by atoms with E-state index in [1.807, 2.05) is 13.8 Å². The SMILES string of the molecule is Cc1cnc2c(c1C)C(=O)c1ccccc1C2=O. The molecule has 88 valence electrons. The summed E-state index contributed by atoms with van der Waals surface area (Å²) in [6.45, 7) is 3.75. The van der Waals surface area contributed by atoms with Gasteiger partial charge in [-0.1, -0.05) is 24.3 Å². The number of carbonyl (C=O) groups excluding carboxylic acids is 2. The van der Waals surface area contributed by atoms with Crippen molar-refractivity contribution in [2.45, 2.75) is 13.8 Å². The molecule has 0 amide bonds. The van der Waals surface area contributed by atoms with E-state index in [-0.39, 0.29) is 17.3 Å². The third-order valence-corrected chi connectivity index (χ3v) is 3.45. The quantitative estimate of drug-likeness (QED) is 0.603. The Morgan fingerprint density at radius 3 is 2.22 bits per heavy atom. The van der Waals surface area contributed by atoms with Gasteiger partial charge in [-0.3, -0.25) is 14.6 Å². The molecule has 3 rings (SSSR count). The van der Waals surface area contributed by atoms with Gasteiger partial charge in [-0.2, -0.15) is 0 Å². The van der Waals surface area contributed by atoms with E-state index in [1.54, 1.807) is 30.5 Å². The normalized spacial score (nSPS) is 13.2. The highest BCUT2D eigenvalue weighted by Gasteiger charge is 2.32. The van der Waals surface area contributed by atoms with Gasteiger partial charge in [0.05, 0.1) is 5.56 Å². The number of rotatable bonds is 0. The summed E-state index contributed by atoms with van der Waals surface area (Å²) in [6, 6.07) is 6.90. The van der Waals surface area contributed by atoms with Crippen molar-refractivity contribution < 1.29 is 9.59 Å². The van der Waals surface area contributed by atoms with Crippen molar-refractivity contribution in [3.8, 4) is 0 Å². The van der Waals surface area contributed by atoms with Gasteiger partial charge in [-0.15, -0.1) is 0 Å². The topological polar surface area (TPSA) is 47.0 Å². The first-order valence-corrected chi connectivity index (χ1v) is 5.76. The highest BCUT2D eigenvalue weighted by Crippen LogP contribution is 2.28. The minimum Gasteiger partial charge on any atom is -0.288 e. The smallest absolute Gasteiger partial charge is 0.212 e. The molecule has 0 atom stereocenters. The average molecular weight is 237 g/mol. The summed E-state index contributed by atoms with van der Waals surface area (Å²) < 4.78 is 0. The van der Waals surface area contributed by atoms with Gasteiger partial charge in [0.15, 0.2) is 5.78 Å². The number of pyridine rings is 1. The molecule has 3 nitrogen and oxygen atoms in total. The lowest BCUT2D eigenvalue weighted by molar-refractivity contribution is 0.0974. The summed E-state index contributed by atoms with van der Waals surface area (Å²) in [6.07, 6.45) is 1.65. The Hall–Kier alpha value is -2.29. The first kappa shape index (κ1) is 10.8. The molecule has 0 N–H and O–H groups in total. The number of aryl methyl sites for hydroxylation is 1. The van der Waals surface area contributed by atoms with Crippen LogP contribution in [-0.2, 0) is 0 Å². The molecule has 0 fully saturated rings. The maximum atomic E-state index is 12.4. The van der Waals surface area contributed by atoms with Crippen LogP contribution in [-0.4, -0.2) is 16.6 Å². The first-order valence-electron chi connectivity index (χ1n) is 5.76. The summed E-state index contributed by atoms with van der Waals surface area (Å²) in [7, 11) is 0. The van der Waals surface area contributed by atoms with Crippen LogP contribution in [0.25, 0.3) is 0 Å². The van der Waals surface area contributed by atoms with Crippen LogP contribution in [0.5, 0.6) is 0 Å². The van der Waals surface area contributed by atoms with E-state index >= 15 is 0 Å². The van der Waals surface area contributed by atoms with Gasteiger partial charge in [0.2, 0.25) is 5.78 Å².